The molecule has 2 atom stereocenters. The van der Waals surface area contributed by atoms with Gasteiger partial charge in [0.2, 0.25) is 0 Å². The van der Waals surface area contributed by atoms with E-state index < -0.39 is 0 Å². The zero-order chi connectivity index (χ0) is 17.6. The van der Waals surface area contributed by atoms with Crippen LogP contribution in [0.15, 0.2) is 54.6 Å². The van der Waals surface area contributed by atoms with Gasteiger partial charge in [-0.05, 0) is 75.3 Å². The van der Waals surface area contributed by atoms with E-state index in [9.17, 15) is 0 Å². The molecule has 25 heavy (non-hydrogen) atoms. The minimum atomic E-state index is 0.491. The predicted molar refractivity (Wildman–Crippen MR) is 107 cm³/mol. The SMILES string of the molecule is C[C@@H]1CCC[C@@H](C)N1NC(=S)Nc1ccc(Oc2ccccc2)cc1. The Morgan fingerprint density at radius 1 is 0.960 bits per heavy atom. The Balaban J connectivity index is 1.55. The number of benzene rings is 2. The van der Waals surface area contributed by atoms with Gasteiger partial charge in [0.05, 0.1) is 0 Å². The first-order valence-electron chi connectivity index (χ1n) is 8.81. The smallest absolute Gasteiger partial charge is 0.185 e. The van der Waals surface area contributed by atoms with E-state index in [1.165, 1.54) is 19.3 Å². The standard InChI is InChI=1S/C20H25N3OS/c1-15-7-6-8-16(2)23(15)22-20(25)21-17-11-13-19(14-12-17)24-18-9-4-3-5-10-18/h3-5,9-16H,6-8H2,1-2H3,(H2,21,22,25)/t15-,16-/m1/s1. The van der Waals surface area contributed by atoms with Crippen LogP contribution >= 0.6 is 12.2 Å². The maximum Gasteiger partial charge on any atom is 0.185 e. The van der Waals surface area contributed by atoms with Crippen LogP contribution in [-0.2, 0) is 0 Å². The lowest BCUT2D eigenvalue weighted by atomic mass is 10.00. The summed E-state index contributed by atoms with van der Waals surface area (Å²) in [5.74, 6) is 1.63. The quantitative estimate of drug-likeness (QED) is 0.760. The van der Waals surface area contributed by atoms with Gasteiger partial charge in [-0.3, -0.25) is 5.43 Å². The number of nitrogens with one attached hydrogen (secondary N) is 2. The van der Waals surface area contributed by atoms with Crippen molar-refractivity contribution in [2.45, 2.75) is 45.2 Å². The molecule has 0 radical (unpaired) electrons. The summed E-state index contributed by atoms with van der Waals surface area (Å²) in [5.41, 5.74) is 4.28. The second-order valence-corrected chi connectivity index (χ2v) is 6.95. The van der Waals surface area contributed by atoms with Crippen molar-refractivity contribution in [2.24, 2.45) is 0 Å². The Labute approximate surface area is 155 Å². The minimum Gasteiger partial charge on any atom is -0.457 e. The van der Waals surface area contributed by atoms with E-state index in [-0.39, 0.29) is 0 Å². The normalized spacial score (nSPS) is 20.7. The van der Waals surface area contributed by atoms with E-state index in [1.807, 2.05) is 54.6 Å². The highest BCUT2D eigenvalue weighted by Crippen LogP contribution is 2.23. The number of anilines is 1. The third-order valence-electron chi connectivity index (χ3n) is 4.52. The first-order valence-corrected chi connectivity index (χ1v) is 9.21. The van der Waals surface area contributed by atoms with Crippen molar-refractivity contribution in [1.29, 1.82) is 0 Å². The van der Waals surface area contributed by atoms with Crippen LogP contribution in [0.1, 0.15) is 33.1 Å². The molecule has 0 aliphatic carbocycles. The van der Waals surface area contributed by atoms with Gasteiger partial charge in [0.25, 0.3) is 0 Å². The third-order valence-corrected chi connectivity index (χ3v) is 4.71. The van der Waals surface area contributed by atoms with Gasteiger partial charge in [-0.2, -0.15) is 0 Å². The molecule has 4 nitrogen and oxygen atoms in total. The first kappa shape index (κ1) is 17.7. The average molecular weight is 356 g/mol. The van der Waals surface area contributed by atoms with Crippen LogP contribution in [0.25, 0.3) is 0 Å². The summed E-state index contributed by atoms with van der Waals surface area (Å²) in [6.07, 6.45) is 3.68. The number of hydrogen-bond acceptors (Lipinski definition) is 3. The van der Waals surface area contributed by atoms with Gasteiger partial charge in [-0.25, -0.2) is 5.01 Å². The summed E-state index contributed by atoms with van der Waals surface area (Å²) in [4.78, 5) is 0. The number of piperidine rings is 1. The lowest BCUT2D eigenvalue weighted by Crippen LogP contribution is -2.55. The number of thiocarbonyl (C=S) groups is 1. The Hall–Kier alpha value is -2.11. The van der Waals surface area contributed by atoms with Crippen LogP contribution in [0.4, 0.5) is 5.69 Å². The number of hydrogen-bond donors (Lipinski definition) is 2. The van der Waals surface area contributed by atoms with Crippen molar-refractivity contribution in [3.8, 4) is 11.5 Å². The number of para-hydroxylation sites is 1. The van der Waals surface area contributed by atoms with Gasteiger partial charge in [-0.15, -0.1) is 0 Å². The maximum absolute atomic E-state index is 5.80. The fourth-order valence-electron chi connectivity index (χ4n) is 3.15. The van der Waals surface area contributed by atoms with Crippen LogP contribution in [0.2, 0.25) is 0 Å². The van der Waals surface area contributed by atoms with Crippen molar-refractivity contribution in [2.75, 3.05) is 5.32 Å². The van der Waals surface area contributed by atoms with E-state index >= 15 is 0 Å². The molecule has 5 heteroatoms. The van der Waals surface area contributed by atoms with Gasteiger partial charge < -0.3 is 10.1 Å². The Morgan fingerprint density at radius 2 is 1.56 bits per heavy atom. The second-order valence-electron chi connectivity index (χ2n) is 6.54. The molecule has 1 aliphatic heterocycles. The average Bonchev–Trinajstić information content (AvgIpc) is 2.61. The van der Waals surface area contributed by atoms with E-state index in [0.717, 1.165) is 17.2 Å². The lowest BCUT2D eigenvalue weighted by Gasteiger charge is -2.39. The molecule has 3 rings (SSSR count). The van der Waals surface area contributed by atoms with Crippen LogP contribution in [0, 0.1) is 0 Å². The van der Waals surface area contributed by atoms with Crippen molar-refractivity contribution in [1.82, 2.24) is 10.4 Å². The topological polar surface area (TPSA) is 36.5 Å². The Kier molecular flexibility index (Phi) is 5.89. The molecule has 0 aromatic heterocycles. The van der Waals surface area contributed by atoms with E-state index in [1.54, 1.807) is 0 Å². The van der Waals surface area contributed by atoms with Crippen LogP contribution < -0.4 is 15.5 Å². The first-order chi connectivity index (χ1) is 12.1. The van der Waals surface area contributed by atoms with Gasteiger partial charge >= 0.3 is 0 Å². The number of nitrogens with zero attached hydrogens (tertiary/aromatic N) is 1. The molecule has 0 saturated carbocycles. The molecule has 2 N–H and O–H groups in total. The summed E-state index contributed by atoms with van der Waals surface area (Å²) >= 11 is 5.47. The summed E-state index contributed by atoms with van der Waals surface area (Å²) in [7, 11) is 0. The van der Waals surface area contributed by atoms with Crippen LogP contribution in [0.3, 0.4) is 0 Å². The molecule has 2 aromatic carbocycles. The number of rotatable bonds is 4. The van der Waals surface area contributed by atoms with E-state index in [4.69, 9.17) is 17.0 Å². The molecule has 2 aromatic rings. The molecule has 132 valence electrons. The molecule has 0 spiro atoms. The molecule has 0 unspecified atom stereocenters. The Bertz CT molecular complexity index is 680. The number of ether oxygens (including phenoxy) is 1. The van der Waals surface area contributed by atoms with Gasteiger partial charge in [0.15, 0.2) is 5.11 Å². The maximum atomic E-state index is 5.80. The van der Waals surface area contributed by atoms with E-state index in [0.29, 0.717) is 17.2 Å². The zero-order valence-corrected chi connectivity index (χ0v) is 15.6. The molecule has 1 saturated heterocycles. The summed E-state index contributed by atoms with van der Waals surface area (Å²) in [6, 6.07) is 18.5. The van der Waals surface area contributed by atoms with Crippen LogP contribution in [-0.4, -0.2) is 22.2 Å². The molecular weight excluding hydrogens is 330 g/mol. The molecule has 1 aliphatic rings. The highest BCUT2D eigenvalue weighted by molar-refractivity contribution is 7.80. The van der Waals surface area contributed by atoms with Crippen molar-refractivity contribution >= 4 is 23.0 Å². The zero-order valence-electron chi connectivity index (χ0n) is 14.7. The van der Waals surface area contributed by atoms with Crippen molar-refractivity contribution < 1.29 is 4.74 Å². The Morgan fingerprint density at radius 3 is 2.20 bits per heavy atom. The van der Waals surface area contributed by atoms with Gasteiger partial charge in [0.1, 0.15) is 11.5 Å². The molecule has 1 fully saturated rings. The second kappa shape index (κ2) is 8.32. The minimum absolute atomic E-state index is 0.491. The van der Waals surface area contributed by atoms with Crippen molar-refractivity contribution in [3.05, 3.63) is 54.6 Å². The highest BCUT2D eigenvalue weighted by Gasteiger charge is 2.25. The van der Waals surface area contributed by atoms with Gasteiger partial charge in [-0.1, -0.05) is 24.6 Å². The summed E-state index contributed by atoms with van der Waals surface area (Å²) in [6.45, 7) is 4.47. The number of hydrazine groups is 1. The molecule has 0 amide bonds. The molecule has 1 heterocycles. The summed E-state index contributed by atoms with van der Waals surface area (Å²) < 4.78 is 5.80. The molecule has 0 bridgehead atoms. The monoisotopic (exact) mass is 355 g/mol. The van der Waals surface area contributed by atoms with E-state index in [2.05, 4.69) is 29.6 Å². The summed E-state index contributed by atoms with van der Waals surface area (Å²) in [5, 5.41) is 6.12. The third kappa shape index (κ3) is 4.94. The highest BCUT2D eigenvalue weighted by atomic mass is 32.1. The van der Waals surface area contributed by atoms with Crippen LogP contribution in [0.5, 0.6) is 11.5 Å². The van der Waals surface area contributed by atoms with Gasteiger partial charge in [0, 0.05) is 17.8 Å². The largest absolute Gasteiger partial charge is 0.457 e. The fraction of sp³-hybridized carbons (Fsp3) is 0.350. The predicted octanol–water partition coefficient (Wildman–Crippen LogP) is 4.94. The molecular formula is C20H25N3OS. The van der Waals surface area contributed by atoms with Crippen molar-refractivity contribution in [3.63, 3.8) is 0 Å². The fourth-order valence-corrected chi connectivity index (χ4v) is 3.37. The lowest BCUT2D eigenvalue weighted by molar-refractivity contribution is 0.0750.